The molecule has 5 atom stereocenters. The van der Waals surface area contributed by atoms with Gasteiger partial charge in [-0.1, -0.05) is 12.2 Å². The Morgan fingerprint density at radius 3 is 2.77 bits per heavy atom. The Kier molecular flexibility index (Phi) is 1.14. The lowest BCUT2D eigenvalue weighted by Crippen LogP contribution is -2.57. The summed E-state index contributed by atoms with van der Waals surface area (Å²) >= 11 is 0. The standard InChI is InChI=1S/C10H11FO2/c11-10(9(12)13)4-7-5-1-2-6(3-5)8(7)10/h1-2,5-8H,3-4H2,(H,12,13). The number of carboxylic acid groups (broad SMARTS) is 1. The lowest BCUT2D eigenvalue weighted by atomic mass is 9.58. The summed E-state index contributed by atoms with van der Waals surface area (Å²) in [7, 11) is 0. The van der Waals surface area contributed by atoms with E-state index >= 15 is 0 Å². The second kappa shape index (κ2) is 1.97. The monoisotopic (exact) mass is 182 g/mol. The number of fused-ring (bicyclic) bond motifs is 5. The van der Waals surface area contributed by atoms with Gasteiger partial charge in [0.15, 0.2) is 0 Å². The van der Waals surface area contributed by atoms with Gasteiger partial charge in [-0.05, 0) is 30.6 Å². The van der Waals surface area contributed by atoms with Crippen LogP contribution in [0.5, 0.6) is 0 Å². The van der Waals surface area contributed by atoms with E-state index < -0.39 is 11.6 Å². The molecule has 0 amide bonds. The van der Waals surface area contributed by atoms with Crippen molar-refractivity contribution < 1.29 is 14.3 Å². The van der Waals surface area contributed by atoms with E-state index in [9.17, 15) is 9.18 Å². The maximum absolute atomic E-state index is 13.8. The second-order valence-electron chi connectivity index (χ2n) is 4.51. The van der Waals surface area contributed by atoms with Gasteiger partial charge in [-0.15, -0.1) is 0 Å². The summed E-state index contributed by atoms with van der Waals surface area (Å²) in [5.74, 6) is -0.492. The Morgan fingerprint density at radius 1 is 1.46 bits per heavy atom. The number of carbonyl (C=O) groups is 1. The van der Waals surface area contributed by atoms with Crippen molar-refractivity contribution in [2.45, 2.75) is 18.5 Å². The van der Waals surface area contributed by atoms with Crippen molar-refractivity contribution in [2.75, 3.05) is 0 Å². The molecule has 13 heavy (non-hydrogen) atoms. The third kappa shape index (κ3) is 0.675. The highest BCUT2D eigenvalue weighted by atomic mass is 19.1. The first-order valence-corrected chi connectivity index (χ1v) is 4.73. The number of allylic oxidation sites excluding steroid dienone is 2. The number of halogens is 1. The van der Waals surface area contributed by atoms with Gasteiger partial charge in [0.2, 0.25) is 5.67 Å². The fourth-order valence-corrected chi connectivity index (χ4v) is 3.43. The average Bonchev–Trinajstić information content (AvgIpc) is 2.57. The second-order valence-corrected chi connectivity index (χ2v) is 4.51. The zero-order valence-electron chi connectivity index (χ0n) is 7.11. The van der Waals surface area contributed by atoms with E-state index in [1.54, 1.807) is 0 Å². The third-order valence-electron chi connectivity index (χ3n) is 4.04. The molecule has 3 heteroatoms. The van der Waals surface area contributed by atoms with Crippen LogP contribution in [0.15, 0.2) is 12.2 Å². The molecule has 5 unspecified atom stereocenters. The van der Waals surface area contributed by atoms with E-state index in [1.165, 1.54) is 0 Å². The van der Waals surface area contributed by atoms with Crippen molar-refractivity contribution in [3.05, 3.63) is 12.2 Å². The highest BCUT2D eigenvalue weighted by Gasteiger charge is 2.68. The van der Waals surface area contributed by atoms with Crippen LogP contribution in [-0.4, -0.2) is 16.7 Å². The predicted octanol–water partition coefficient (Wildman–Crippen LogP) is 1.62. The summed E-state index contributed by atoms with van der Waals surface area (Å²) in [6.07, 6.45) is 5.35. The normalized spacial score (nSPS) is 56.1. The zero-order valence-corrected chi connectivity index (χ0v) is 7.11. The molecule has 2 fully saturated rings. The van der Waals surface area contributed by atoms with E-state index in [0.717, 1.165) is 6.42 Å². The van der Waals surface area contributed by atoms with Crippen molar-refractivity contribution in [1.29, 1.82) is 0 Å². The molecule has 1 N–H and O–H groups in total. The molecule has 2 nitrogen and oxygen atoms in total. The highest BCUT2D eigenvalue weighted by molar-refractivity contribution is 5.80. The van der Waals surface area contributed by atoms with Gasteiger partial charge in [0, 0.05) is 5.92 Å². The smallest absolute Gasteiger partial charge is 0.341 e. The molecule has 2 saturated carbocycles. The summed E-state index contributed by atoms with van der Waals surface area (Å²) in [5.41, 5.74) is -1.91. The molecule has 2 bridgehead atoms. The van der Waals surface area contributed by atoms with Crippen LogP contribution in [0, 0.1) is 23.7 Å². The van der Waals surface area contributed by atoms with Crippen molar-refractivity contribution in [1.82, 2.24) is 0 Å². The Labute approximate surface area is 75.4 Å². The van der Waals surface area contributed by atoms with Crippen LogP contribution in [0.1, 0.15) is 12.8 Å². The number of alkyl halides is 1. The summed E-state index contributed by atoms with van der Waals surface area (Å²) < 4.78 is 13.8. The Hall–Kier alpha value is -0.860. The molecule has 0 aliphatic heterocycles. The maximum Gasteiger partial charge on any atom is 0.341 e. The molecule has 70 valence electrons. The van der Waals surface area contributed by atoms with E-state index in [-0.39, 0.29) is 18.3 Å². The molecule has 0 saturated heterocycles. The van der Waals surface area contributed by atoms with Crippen molar-refractivity contribution in [3.63, 3.8) is 0 Å². The van der Waals surface area contributed by atoms with Crippen molar-refractivity contribution in [2.24, 2.45) is 23.7 Å². The quantitative estimate of drug-likeness (QED) is 0.626. The molecule has 0 aromatic heterocycles. The van der Waals surface area contributed by atoms with Crippen LogP contribution in [0.4, 0.5) is 4.39 Å². The first-order chi connectivity index (χ1) is 6.13. The summed E-state index contributed by atoms with van der Waals surface area (Å²) in [6, 6.07) is 0. The molecular weight excluding hydrogens is 171 g/mol. The summed E-state index contributed by atoms with van der Waals surface area (Å²) in [4.78, 5) is 10.7. The number of carboxylic acids is 1. The minimum Gasteiger partial charge on any atom is -0.479 e. The maximum atomic E-state index is 13.8. The van der Waals surface area contributed by atoms with E-state index in [0.29, 0.717) is 11.8 Å². The molecule has 0 spiro atoms. The van der Waals surface area contributed by atoms with Crippen LogP contribution in [-0.2, 0) is 4.79 Å². The lowest BCUT2D eigenvalue weighted by molar-refractivity contribution is -0.174. The van der Waals surface area contributed by atoms with Gasteiger partial charge in [0.1, 0.15) is 0 Å². The highest BCUT2D eigenvalue weighted by Crippen LogP contribution is 2.64. The van der Waals surface area contributed by atoms with Crippen LogP contribution >= 0.6 is 0 Å². The SMILES string of the molecule is O=C(O)C1(F)CC2C3C=CC(C3)C21. The molecule has 0 radical (unpaired) electrons. The van der Waals surface area contributed by atoms with Crippen LogP contribution < -0.4 is 0 Å². The fourth-order valence-electron chi connectivity index (χ4n) is 3.43. The fraction of sp³-hybridized carbons (Fsp3) is 0.700. The average molecular weight is 182 g/mol. The number of rotatable bonds is 1. The minimum absolute atomic E-state index is 0.199. The van der Waals surface area contributed by atoms with Gasteiger partial charge in [0.25, 0.3) is 0 Å². The largest absolute Gasteiger partial charge is 0.479 e. The number of hydrogen-bond acceptors (Lipinski definition) is 1. The van der Waals surface area contributed by atoms with E-state index in [4.69, 9.17) is 5.11 Å². The number of hydrogen-bond donors (Lipinski definition) is 1. The first-order valence-electron chi connectivity index (χ1n) is 4.73. The Bertz CT molecular complexity index is 312. The van der Waals surface area contributed by atoms with E-state index in [2.05, 4.69) is 6.08 Å². The van der Waals surface area contributed by atoms with Gasteiger partial charge in [-0.25, -0.2) is 9.18 Å². The molecule has 3 aliphatic rings. The van der Waals surface area contributed by atoms with Gasteiger partial charge in [-0.3, -0.25) is 0 Å². The molecule has 0 aromatic carbocycles. The van der Waals surface area contributed by atoms with Crippen LogP contribution in [0.2, 0.25) is 0 Å². The zero-order chi connectivity index (χ0) is 9.22. The van der Waals surface area contributed by atoms with Crippen LogP contribution in [0.25, 0.3) is 0 Å². The molecule has 0 heterocycles. The van der Waals surface area contributed by atoms with Gasteiger partial charge in [-0.2, -0.15) is 0 Å². The minimum atomic E-state index is -1.91. The Balaban J connectivity index is 1.94. The summed E-state index contributed by atoms with van der Waals surface area (Å²) in [5, 5.41) is 8.77. The lowest BCUT2D eigenvalue weighted by Gasteiger charge is -2.47. The number of aliphatic carboxylic acids is 1. The molecule has 3 rings (SSSR count). The molecule has 3 aliphatic carbocycles. The topological polar surface area (TPSA) is 37.3 Å². The van der Waals surface area contributed by atoms with E-state index in [1.807, 2.05) is 6.08 Å². The first kappa shape index (κ1) is 7.54. The predicted molar refractivity (Wildman–Crippen MR) is 43.8 cm³/mol. The van der Waals surface area contributed by atoms with Crippen LogP contribution in [0.3, 0.4) is 0 Å². The third-order valence-corrected chi connectivity index (χ3v) is 4.04. The van der Waals surface area contributed by atoms with Gasteiger partial charge >= 0.3 is 5.97 Å². The molecule has 0 aromatic rings. The molecular formula is C10H11FO2. The van der Waals surface area contributed by atoms with Gasteiger partial charge < -0.3 is 5.11 Å². The summed E-state index contributed by atoms with van der Waals surface area (Å²) in [6.45, 7) is 0. The Morgan fingerprint density at radius 2 is 2.15 bits per heavy atom. The van der Waals surface area contributed by atoms with Crippen molar-refractivity contribution >= 4 is 5.97 Å². The van der Waals surface area contributed by atoms with Crippen molar-refractivity contribution in [3.8, 4) is 0 Å². The van der Waals surface area contributed by atoms with Gasteiger partial charge in [0.05, 0.1) is 0 Å².